The summed E-state index contributed by atoms with van der Waals surface area (Å²) in [7, 11) is 0. The Balaban J connectivity index is 2.17. The Labute approximate surface area is 120 Å². The van der Waals surface area contributed by atoms with Gasteiger partial charge in [-0.2, -0.15) is 4.98 Å². The van der Waals surface area contributed by atoms with Gasteiger partial charge >= 0.3 is 0 Å². The molecule has 2 N–H and O–H groups in total. The molecule has 1 aromatic heterocycles. The number of aryl methyl sites for hydroxylation is 2. The molecule has 0 saturated carbocycles. The van der Waals surface area contributed by atoms with Gasteiger partial charge in [0.05, 0.1) is 0 Å². The number of hydrogen-bond donors (Lipinski definition) is 2. The summed E-state index contributed by atoms with van der Waals surface area (Å²) in [4.78, 5) is 8.77. The molecule has 1 unspecified atom stereocenters. The zero-order valence-electron chi connectivity index (χ0n) is 12.6. The lowest BCUT2D eigenvalue weighted by atomic mass is 10.1. The first-order chi connectivity index (χ1) is 9.58. The van der Waals surface area contributed by atoms with E-state index in [1.54, 1.807) is 6.20 Å². The maximum absolute atomic E-state index is 4.49. The van der Waals surface area contributed by atoms with Crippen molar-refractivity contribution in [2.75, 3.05) is 10.6 Å². The average Bonchev–Trinajstić information content (AvgIpc) is 2.43. The largest absolute Gasteiger partial charge is 0.367 e. The standard InChI is InChI=1S/C16H22N4/c1-5-13(4)18-15-8-9-17-16(20-15)19-14-10-11(2)6-7-12(14)3/h6-10,13H,5H2,1-4H3,(H2,17,18,19,20). The number of nitrogens with zero attached hydrogens (tertiary/aromatic N) is 2. The fraction of sp³-hybridized carbons (Fsp3) is 0.375. The number of aromatic nitrogens is 2. The SMILES string of the molecule is CCC(C)Nc1ccnc(Nc2cc(C)ccc2C)n1. The summed E-state index contributed by atoms with van der Waals surface area (Å²) in [5.41, 5.74) is 3.44. The van der Waals surface area contributed by atoms with Crippen LogP contribution in [0.5, 0.6) is 0 Å². The van der Waals surface area contributed by atoms with Gasteiger partial charge in [-0.3, -0.25) is 0 Å². The summed E-state index contributed by atoms with van der Waals surface area (Å²) < 4.78 is 0. The first-order valence-electron chi connectivity index (χ1n) is 7.02. The molecule has 2 aromatic rings. The van der Waals surface area contributed by atoms with Gasteiger partial charge in [-0.05, 0) is 50.5 Å². The third-order valence-corrected chi connectivity index (χ3v) is 3.30. The molecule has 0 fully saturated rings. The number of anilines is 3. The fourth-order valence-electron chi connectivity index (χ4n) is 1.84. The topological polar surface area (TPSA) is 49.8 Å². The van der Waals surface area contributed by atoms with Crippen LogP contribution in [0.25, 0.3) is 0 Å². The highest BCUT2D eigenvalue weighted by atomic mass is 15.1. The minimum atomic E-state index is 0.401. The van der Waals surface area contributed by atoms with Gasteiger partial charge in [-0.25, -0.2) is 4.98 Å². The molecule has 0 aliphatic carbocycles. The lowest BCUT2D eigenvalue weighted by Crippen LogP contribution is -2.15. The van der Waals surface area contributed by atoms with E-state index in [0.717, 1.165) is 17.9 Å². The van der Waals surface area contributed by atoms with Crippen LogP contribution in [0.3, 0.4) is 0 Å². The van der Waals surface area contributed by atoms with Crippen LogP contribution in [0.2, 0.25) is 0 Å². The number of benzene rings is 1. The van der Waals surface area contributed by atoms with E-state index in [2.05, 4.69) is 66.5 Å². The third-order valence-electron chi connectivity index (χ3n) is 3.30. The highest BCUT2D eigenvalue weighted by Gasteiger charge is 2.04. The molecule has 0 aliphatic heterocycles. The molecule has 0 amide bonds. The number of hydrogen-bond acceptors (Lipinski definition) is 4. The number of nitrogens with one attached hydrogen (secondary N) is 2. The maximum atomic E-state index is 4.49. The van der Waals surface area contributed by atoms with E-state index >= 15 is 0 Å². The predicted octanol–water partition coefficient (Wildman–Crippen LogP) is 4.05. The Bertz CT molecular complexity index is 580. The van der Waals surface area contributed by atoms with Gasteiger partial charge in [0.25, 0.3) is 0 Å². The van der Waals surface area contributed by atoms with Crippen LogP contribution < -0.4 is 10.6 Å². The highest BCUT2D eigenvalue weighted by molar-refractivity contribution is 5.60. The minimum Gasteiger partial charge on any atom is -0.367 e. The molecular formula is C16H22N4. The Morgan fingerprint density at radius 1 is 1.20 bits per heavy atom. The number of rotatable bonds is 5. The lowest BCUT2D eigenvalue weighted by Gasteiger charge is -2.13. The second-order valence-corrected chi connectivity index (χ2v) is 5.16. The summed E-state index contributed by atoms with van der Waals surface area (Å²) in [6.45, 7) is 8.43. The van der Waals surface area contributed by atoms with E-state index in [1.165, 1.54) is 11.1 Å². The van der Waals surface area contributed by atoms with Gasteiger partial charge in [-0.1, -0.05) is 19.1 Å². The zero-order valence-corrected chi connectivity index (χ0v) is 12.6. The molecule has 4 nitrogen and oxygen atoms in total. The fourth-order valence-corrected chi connectivity index (χ4v) is 1.84. The van der Waals surface area contributed by atoms with Crippen LogP contribution >= 0.6 is 0 Å². The molecule has 0 saturated heterocycles. The summed E-state index contributed by atoms with van der Waals surface area (Å²) >= 11 is 0. The molecule has 0 spiro atoms. The summed E-state index contributed by atoms with van der Waals surface area (Å²) in [5.74, 6) is 1.47. The monoisotopic (exact) mass is 270 g/mol. The van der Waals surface area contributed by atoms with E-state index in [0.29, 0.717) is 12.0 Å². The van der Waals surface area contributed by atoms with Crippen molar-refractivity contribution in [3.63, 3.8) is 0 Å². The molecule has 0 aliphatic rings. The van der Waals surface area contributed by atoms with E-state index in [-0.39, 0.29) is 0 Å². The average molecular weight is 270 g/mol. The smallest absolute Gasteiger partial charge is 0.229 e. The molecular weight excluding hydrogens is 248 g/mol. The molecule has 1 atom stereocenters. The van der Waals surface area contributed by atoms with E-state index < -0.39 is 0 Å². The van der Waals surface area contributed by atoms with Crippen molar-refractivity contribution in [1.82, 2.24) is 9.97 Å². The Morgan fingerprint density at radius 2 is 2.00 bits per heavy atom. The summed E-state index contributed by atoms with van der Waals surface area (Å²) in [6.07, 6.45) is 2.83. The lowest BCUT2D eigenvalue weighted by molar-refractivity contribution is 0.758. The molecule has 106 valence electrons. The third kappa shape index (κ3) is 3.70. The summed E-state index contributed by atoms with van der Waals surface area (Å²) in [5, 5.41) is 6.64. The molecule has 1 heterocycles. The second-order valence-electron chi connectivity index (χ2n) is 5.16. The van der Waals surface area contributed by atoms with Crippen LogP contribution in [-0.2, 0) is 0 Å². The normalized spacial score (nSPS) is 12.0. The van der Waals surface area contributed by atoms with Gasteiger partial charge in [0, 0.05) is 17.9 Å². The van der Waals surface area contributed by atoms with Crippen LogP contribution in [0.15, 0.2) is 30.5 Å². The zero-order chi connectivity index (χ0) is 14.5. The van der Waals surface area contributed by atoms with Crippen molar-refractivity contribution < 1.29 is 0 Å². The minimum absolute atomic E-state index is 0.401. The first kappa shape index (κ1) is 14.3. The maximum Gasteiger partial charge on any atom is 0.229 e. The van der Waals surface area contributed by atoms with Gasteiger partial charge < -0.3 is 10.6 Å². The molecule has 0 radical (unpaired) electrons. The molecule has 4 heteroatoms. The van der Waals surface area contributed by atoms with Crippen LogP contribution in [0.1, 0.15) is 31.4 Å². The Kier molecular flexibility index (Phi) is 4.56. The van der Waals surface area contributed by atoms with Crippen molar-refractivity contribution in [2.45, 2.75) is 40.2 Å². The molecule has 0 bridgehead atoms. The Morgan fingerprint density at radius 3 is 2.75 bits per heavy atom. The highest BCUT2D eigenvalue weighted by Crippen LogP contribution is 2.20. The molecule has 20 heavy (non-hydrogen) atoms. The van der Waals surface area contributed by atoms with E-state index in [1.807, 2.05) is 6.07 Å². The Hall–Kier alpha value is -2.10. The van der Waals surface area contributed by atoms with Crippen LogP contribution in [-0.4, -0.2) is 16.0 Å². The van der Waals surface area contributed by atoms with Crippen LogP contribution in [0.4, 0.5) is 17.5 Å². The van der Waals surface area contributed by atoms with Gasteiger partial charge in [0.1, 0.15) is 5.82 Å². The van der Waals surface area contributed by atoms with Crippen molar-refractivity contribution in [3.05, 3.63) is 41.6 Å². The van der Waals surface area contributed by atoms with Crippen molar-refractivity contribution in [1.29, 1.82) is 0 Å². The quantitative estimate of drug-likeness (QED) is 0.860. The van der Waals surface area contributed by atoms with Crippen LogP contribution in [0, 0.1) is 13.8 Å². The van der Waals surface area contributed by atoms with E-state index in [9.17, 15) is 0 Å². The van der Waals surface area contributed by atoms with Crippen molar-refractivity contribution in [3.8, 4) is 0 Å². The van der Waals surface area contributed by atoms with Crippen molar-refractivity contribution in [2.24, 2.45) is 0 Å². The van der Waals surface area contributed by atoms with E-state index in [4.69, 9.17) is 0 Å². The molecule has 2 rings (SSSR count). The molecule has 1 aromatic carbocycles. The van der Waals surface area contributed by atoms with Gasteiger partial charge in [-0.15, -0.1) is 0 Å². The predicted molar refractivity (Wildman–Crippen MR) is 84.6 cm³/mol. The van der Waals surface area contributed by atoms with Gasteiger partial charge in [0.2, 0.25) is 5.95 Å². The van der Waals surface area contributed by atoms with Crippen molar-refractivity contribution >= 4 is 17.5 Å². The van der Waals surface area contributed by atoms with Gasteiger partial charge in [0.15, 0.2) is 0 Å². The summed E-state index contributed by atoms with van der Waals surface area (Å²) in [6, 6.07) is 8.59. The first-order valence-corrected chi connectivity index (χ1v) is 7.02. The second kappa shape index (κ2) is 6.37.